The van der Waals surface area contributed by atoms with Crippen molar-refractivity contribution in [2.45, 2.75) is 25.4 Å². The lowest BCUT2D eigenvalue weighted by Gasteiger charge is -2.27. The van der Waals surface area contributed by atoms with Crippen LogP contribution in [0.5, 0.6) is 0 Å². The average molecular weight is 263 g/mol. The average Bonchev–Trinajstić information content (AvgIpc) is 2.44. The summed E-state index contributed by atoms with van der Waals surface area (Å²) in [5.41, 5.74) is 9.10. The quantitative estimate of drug-likeness (QED) is 0.715. The maximum atomic E-state index is 11.5. The number of nitrogens with one attached hydrogen (secondary N) is 1. The summed E-state index contributed by atoms with van der Waals surface area (Å²) < 4.78 is 0. The number of aliphatic hydroxyl groups is 1. The van der Waals surface area contributed by atoms with E-state index in [1.807, 2.05) is 6.07 Å². The molecule has 1 atom stereocenters. The standard InChI is InChI=1S/C14H21N3O2/c1-17-6-2-3-11-7-10(4-5-13(11)17)8-16-14(19)12(15)9-18/h4-5,7,12,18H,2-3,6,8-9,15H2,1H3,(H,16,19). The number of amides is 1. The van der Waals surface area contributed by atoms with Gasteiger partial charge in [-0.1, -0.05) is 12.1 Å². The lowest BCUT2D eigenvalue weighted by molar-refractivity contribution is -0.123. The molecule has 0 fully saturated rings. The third-order valence-corrected chi connectivity index (χ3v) is 3.50. The number of rotatable bonds is 4. The van der Waals surface area contributed by atoms with E-state index in [0.717, 1.165) is 24.9 Å². The predicted octanol–water partition coefficient (Wildman–Crippen LogP) is 0.00480. The lowest BCUT2D eigenvalue weighted by Crippen LogP contribution is -2.42. The monoisotopic (exact) mass is 263 g/mol. The molecular weight excluding hydrogens is 242 g/mol. The van der Waals surface area contributed by atoms with Gasteiger partial charge in [0, 0.05) is 25.8 Å². The first kappa shape index (κ1) is 13.8. The summed E-state index contributed by atoms with van der Waals surface area (Å²) in [5.74, 6) is -0.322. The Morgan fingerprint density at radius 1 is 1.58 bits per heavy atom. The molecule has 0 saturated heterocycles. The van der Waals surface area contributed by atoms with E-state index in [2.05, 4.69) is 29.4 Å². The highest BCUT2D eigenvalue weighted by Crippen LogP contribution is 2.26. The van der Waals surface area contributed by atoms with Gasteiger partial charge in [0.2, 0.25) is 5.91 Å². The summed E-state index contributed by atoms with van der Waals surface area (Å²) >= 11 is 0. The van der Waals surface area contributed by atoms with Crippen LogP contribution in [0.2, 0.25) is 0 Å². The molecule has 1 aliphatic rings. The number of aliphatic hydroxyl groups excluding tert-OH is 1. The Kier molecular flexibility index (Phi) is 4.39. The SMILES string of the molecule is CN1CCCc2cc(CNC(=O)C(N)CO)ccc21. The van der Waals surface area contributed by atoms with Crippen LogP contribution >= 0.6 is 0 Å². The largest absolute Gasteiger partial charge is 0.394 e. The van der Waals surface area contributed by atoms with Crippen LogP contribution in [0.1, 0.15) is 17.5 Å². The normalized spacial score (nSPS) is 15.8. The van der Waals surface area contributed by atoms with Gasteiger partial charge in [0.05, 0.1) is 6.61 Å². The molecule has 0 radical (unpaired) electrons. The van der Waals surface area contributed by atoms with Crippen molar-refractivity contribution in [3.05, 3.63) is 29.3 Å². The van der Waals surface area contributed by atoms with Crippen LogP contribution in [-0.2, 0) is 17.8 Å². The molecule has 1 aromatic carbocycles. The van der Waals surface area contributed by atoms with E-state index in [9.17, 15) is 4.79 Å². The summed E-state index contributed by atoms with van der Waals surface area (Å²) in [6.07, 6.45) is 2.24. The van der Waals surface area contributed by atoms with Gasteiger partial charge in [-0.2, -0.15) is 0 Å². The first-order valence-electron chi connectivity index (χ1n) is 6.59. The highest BCUT2D eigenvalue weighted by atomic mass is 16.3. The Morgan fingerprint density at radius 2 is 2.37 bits per heavy atom. The molecule has 1 aliphatic heterocycles. The van der Waals surface area contributed by atoms with Crippen molar-refractivity contribution < 1.29 is 9.90 Å². The van der Waals surface area contributed by atoms with Crippen molar-refractivity contribution in [1.29, 1.82) is 0 Å². The minimum Gasteiger partial charge on any atom is -0.394 e. The molecule has 5 heteroatoms. The maximum absolute atomic E-state index is 11.5. The Bertz CT molecular complexity index is 462. The second-order valence-electron chi connectivity index (χ2n) is 5.00. The van der Waals surface area contributed by atoms with E-state index < -0.39 is 6.04 Å². The van der Waals surface area contributed by atoms with Gasteiger partial charge >= 0.3 is 0 Å². The third kappa shape index (κ3) is 3.24. The first-order chi connectivity index (χ1) is 9.11. The number of carbonyl (C=O) groups excluding carboxylic acids is 1. The number of hydrogen-bond acceptors (Lipinski definition) is 4. The fraction of sp³-hybridized carbons (Fsp3) is 0.500. The molecule has 0 aromatic heterocycles. The van der Waals surface area contributed by atoms with Gasteiger partial charge in [-0.15, -0.1) is 0 Å². The van der Waals surface area contributed by atoms with Crippen molar-refractivity contribution >= 4 is 11.6 Å². The van der Waals surface area contributed by atoms with Crippen LogP contribution in [-0.4, -0.2) is 37.3 Å². The molecule has 2 rings (SSSR count). The molecule has 1 aromatic rings. The van der Waals surface area contributed by atoms with Crippen molar-refractivity contribution in [2.75, 3.05) is 25.1 Å². The number of hydrogen-bond donors (Lipinski definition) is 3. The number of fused-ring (bicyclic) bond motifs is 1. The molecular formula is C14H21N3O2. The number of aryl methyl sites for hydroxylation is 1. The van der Waals surface area contributed by atoms with E-state index in [1.54, 1.807) is 0 Å². The Hall–Kier alpha value is -1.59. The van der Waals surface area contributed by atoms with Crippen LogP contribution in [0.15, 0.2) is 18.2 Å². The first-order valence-corrected chi connectivity index (χ1v) is 6.59. The molecule has 104 valence electrons. The second kappa shape index (κ2) is 6.04. The maximum Gasteiger partial charge on any atom is 0.239 e. The van der Waals surface area contributed by atoms with Crippen LogP contribution in [0.25, 0.3) is 0 Å². The molecule has 5 nitrogen and oxygen atoms in total. The fourth-order valence-corrected chi connectivity index (χ4v) is 2.35. The molecule has 0 saturated carbocycles. The molecule has 1 heterocycles. The summed E-state index contributed by atoms with van der Waals surface area (Å²) in [4.78, 5) is 13.7. The van der Waals surface area contributed by atoms with Gasteiger partial charge < -0.3 is 21.1 Å². The Morgan fingerprint density at radius 3 is 3.11 bits per heavy atom. The summed E-state index contributed by atoms with van der Waals surface area (Å²) in [7, 11) is 2.10. The molecule has 1 unspecified atom stereocenters. The summed E-state index contributed by atoms with van der Waals surface area (Å²) in [5, 5.41) is 11.5. The lowest BCUT2D eigenvalue weighted by atomic mass is 9.99. The minimum atomic E-state index is -0.844. The zero-order valence-corrected chi connectivity index (χ0v) is 11.2. The highest BCUT2D eigenvalue weighted by Gasteiger charge is 2.15. The molecule has 4 N–H and O–H groups in total. The number of anilines is 1. The zero-order chi connectivity index (χ0) is 13.8. The fourth-order valence-electron chi connectivity index (χ4n) is 2.35. The summed E-state index contributed by atoms with van der Waals surface area (Å²) in [6, 6.07) is 5.41. The zero-order valence-electron chi connectivity index (χ0n) is 11.2. The molecule has 1 amide bonds. The van der Waals surface area contributed by atoms with E-state index in [1.165, 1.54) is 11.3 Å². The van der Waals surface area contributed by atoms with Crippen LogP contribution in [0.4, 0.5) is 5.69 Å². The molecule has 0 aliphatic carbocycles. The van der Waals surface area contributed by atoms with Crippen molar-refractivity contribution in [3.8, 4) is 0 Å². The van der Waals surface area contributed by atoms with Crippen LogP contribution < -0.4 is 16.0 Å². The smallest absolute Gasteiger partial charge is 0.239 e. The number of nitrogens with zero attached hydrogens (tertiary/aromatic N) is 1. The molecule has 0 bridgehead atoms. The predicted molar refractivity (Wildman–Crippen MR) is 74.9 cm³/mol. The van der Waals surface area contributed by atoms with Crippen molar-refractivity contribution in [1.82, 2.24) is 5.32 Å². The van der Waals surface area contributed by atoms with Crippen molar-refractivity contribution in [3.63, 3.8) is 0 Å². The molecule has 19 heavy (non-hydrogen) atoms. The van der Waals surface area contributed by atoms with Gasteiger partial charge in [-0.3, -0.25) is 4.79 Å². The third-order valence-electron chi connectivity index (χ3n) is 3.50. The number of benzene rings is 1. The van der Waals surface area contributed by atoms with Gasteiger partial charge in [0.15, 0.2) is 0 Å². The van der Waals surface area contributed by atoms with Crippen LogP contribution in [0, 0.1) is 0 Å². The Balaban J connectivity index is 2.01. The van der Waals surface area contributed by atoms with E-state index in [4.69, 9.17) is 10.8 Å². The van der Waals surface area contributed by atoms with Gasteiger partial charge in [0.1, 0.15) is 6.04 Å². The Labute approximate surface area is 113 Å². The number of carbonyl (C=O) groups is 1. The second-order valence-corrected chi connectivity index (χ2v) is 5.00. The topological polar surface area (TPSA) is 78.6 Å². The highest BCUT2D eigenvalue weighted by molar-refractivity contribution is 5.81. The van der Waals surface area contributed by atoms with Gasteiger partial charge in [0.25, 0.3) is 0 Å². The van der Waals surface area contributed by atoms with Crippen LogP contribution in [0.3, 0.4) is 0 Å². The van der Waals surface area contributed by atoms with Gasteiger partial charge in [-0.25, -0.2) is 0 Å². The van der Waals surface area contributed by atoms with E-state index in [0.29, 0.717) is 6.54 Å². The van der Waals surface area contributed by atoms with Gasteiger partial charge in [-0.05, 0) is 30.0 Å². The minimum absolute atomic E-state index is 0.322. The van der Waals surface area contributed by atoms with Crippen molar-refractivity contribution in [2.24, 2.45) is 5.73 Å². The summed E-state index contributed by atoms with van der Waals surface area (Å²) in [6.45, 7) is 1.21. The van der Waals surface area contributed by atoms with E-state index >= 15 is 0 Å². The molecule has 0 spiro atoms. The van der Waals surface area contributed by atoms with E-state index in [-0.39, 0.29) is 12.5 Å². The number of nitrogens with two attached hydrogens (primary N) is 1.